The number of fused-ring (bicyclic) bond motifs is 1. The normalized spacial score (nSPS) is 18.4. The number of halogens is 1. The van der Waals surface area contributed by atoms with E-state index < -0.39 is 16.1 Å². The van der Waals surface area contributed by atoms with Gasteiger partial charge in [-0.15, -0.1) is 22.7 Å². The van der Waals surface area contributed by atoms with E-state index in [0.29, 0.717) is 35.6 Å². The molecule has 2 aromatic heterocycles. The van der Waals surface area contributed by atoms with Gasteiger partial charge in [-0.1, -0.05) is 17.7 Å². The molecule has 1 aliphatic heterocycles. The maximum absolute atomic E-state index is 12.8. The first-order valence-corrected chi connectivity index (χ1v) is 11.4. The van der Waals surface area contributed by atoms with E-state index in [4.69, 9.17) is 11.6 Å². The van der Waals surface area contributed by atoms with Crippen LogP contribution in [0.3, 0.4) is 0 Å². The molecule has 1 fully saturated rings. The summed E-state index contributed by atoms with van der Waals surface area (Å²) in [6.07, 6.45) is 1.15. The molecular formula is C16H14ClN3O3S3. The van der Waals surface area contributed by atoms with Gasteiger partial charge in [0.2, 0.25) is 5.91 Å². The Morgan fingerprint density at radius 1 is 1.31 bits per heavy atom. The SMILES string of the molecule is O=C(Nc1ccc(Cl)c2ncsc12)[C@@H]1CCCN1S(=O)(=O)c1cccs1. The number of nitrogens with zero attached hydrogens (tertiary/aromatic N) is 2. The van der Waals surface area contributed by atoms with Gasteiger partial charge in [0, 0.05) is 6.54 Å². The highest BCUT2D eigenvalue weighted by atomic mass is 35.5. The minimum Gasteiger partial charge on any atom is -0.323 e. The summed E-state index contributed by atoms with van der Waals surface area (Å²) < 4.78 is 28.0. The highest BCUT2D eigenvalue weighted by Gasteiger charge is 2.40. The molecule has 0 radical (unpaired) electrons. The quantitative estimate of drug-likeness (QED) is 0.686. The van der Waals surface area contributed by atoms with Crippen molar-refractivity contribution in [2.45, 2.75) is 23.1 Å². The Morgan fingerprint density at radius 2 is 2.15 bits per heavy atom. The van der Waals surface area contributed by atoms with Crippen LogP contribution in [0.15, 0.2) is 39.4 Å². The molecule has 0 saturated carbocycles. The van der Waals surface area contributed by atoms with Gasteiger partial charge < -0.3 is 5.32 Å². The molecule has 0 aliphatic carbocycles. The lowest BCUT2D eigenvalue weighted by Gasteiger charge is -2.22. The maximum atomic E-state index is 12.8. The van der Waals surface area contributed by atoms with Crippen LogP contribution in [-0.4, -0.2) is 36.2 Å². The van der Waals surface area contributed by atoms with E-state index in [2.05, 4.69) is 10.3 Å². The van der Waals surface area contributed by atoms with Crippen LogP contribution < -0.4 is 5.32 Å². The number of carbonyl (C=O) groups is 1. The number of nitrogens with one attached hydrogen (secondary N) is 1. The first-order chi connectivity index (χ1) is 12.5. The average Bonchev–Trinajstić information content (AvgIpc) is 3.37. The number of rotatable bonds is 4. The van der Waals surface area contributed by atoms with Crippen molar-refractivity contribution in [3.63, 3.8) is 0 Å². The Labute approximate surface area is 163 Å². The van der Waals surface area contributed by atoms with Crippen molar-refractivity contribution in [2.75, 3.05) is 11.9 Å². The third-order valence-electron chi connectivity index (χ3n) is 4.26. The minimum atomic E-state index is -3.66. The Balaban J connectivity index is 1.61. The summed E-state index contributed by atoms with van der Waals surface area (Å²) in [4.78, 5) is 17.0. The van der Waals surface area contributed by atoms with Crippen LogP contribution in [0.2, 0.25) is 5.02 Å². The summed E-state index contributed by atoms with van der Waals surface area (Å²) in [6.45, 7) is 0.342. The molecule has 1 amide bonds. The number of sulfonamides is 1. The summed E-state index contributed by atoms with van der Waals surface area (Å²) in [5.41, 5.74) is 2.89. The van der Waals surface area contributed by atoms with Crippen molar-refractivity contribution >= 4 is 66.1 Å². The fraction of sp³-hybridized carbons (Fsp3) is 0.250. The van der Waals surface area contributed by atoms with Crippen molar-refractivity contribution in [1.82, 2.24) is 9.29 Å². The van der Waals surface area contributed by atoms with Crippen LogP contribution in [0.5, 0.6) is 0 Å². The lowest BCUT2D eigenvalue weighted by Crippen LogP contribution is -2.42. The highest BCUT2D eigenvalue weighted by molar-refractivity contribution is 7.91. The number of carbonyl (C=O) groups excluding carboxylic acids is 1. The summed E-state index contributed by atoms with van der Waals surface area (Å²) in [5.74, 6) is -0.334. The molecule has 0 bridgehead atoms. The van der Waals surface area contributed by atoms with Gasteiger partial charge in [0.1, 0.15) is 15.8 Å². The van der Waals surface area contributed by atoms with E-state index in [-0.39, 0.29) is 10.1 Å². The van der Waals surface area contributed by atoms with Crippen molar-refractivity contribution < 1.29 is 13.2 Å². The zero-order valence-corrected chi connectivity index (χ0v) is 16.6. The van der Waals surface area contributed by atoms with Crippen molar-refractivity contribution in [2.24, 2.45) is 0 Å². The predicted molar refractivity (Wildman–Crippen MR) is 104 cm³/mol. The molecule has 1 aromatic carbocycles. The van der Waals surface area contributed by atoms with E-state index in [0.717, 1.165) is 16.0 Å². The predicted octanol–water partition coefficient (Wildman–Crippen LogP) is 3.80. The minimum absolute atomic E-state index is 0.258. The standard InChI is InChI=1S/C16H14ClN3O3S3/c17-10-5-6-11(15-14(10)18-9-25-15)19-16(21)12-3-1-7-20(12)26(22,23)13-4-2-8-24-13/h2,4-6,8-9,12H,1,3,7H2,(H,19,21)/t12-/m0/s1. The number of thiophene rings is 1. The molecule has 3 aromatic rings. The Hall–Kier alpha value is -1.52. The lowest BCUT2D eigenvalue weighted by molar-refractivity contribution is -0.119. The second-order valence-corrected chi connectivity index (χ2v) is 10.1. The topological polar surface area (TPSA) is 79.4 Å². The van der Waals surface area contributed by atoms with Crippen LogP contribution in [0.25, 0.3) is 10.2 Å². The van der Waals surface area contributed by atoms with Crippen molar-refractivity contribution in [3.8, 4) is 0 Å². The van der Waals surface area contributed by atoms with Gasteiger partial charge in [-0.05, 0) is 36.4 Å². The summed E-state index contributed by atoms with van der Waals surface area (Å²) in [6, 6.07) is 5.92. The number of thiazole rings is 1. The zero-order valence-electron chi connectivity index (χ0n) is 13.4. The second-order valence-electron chi connectivity index (χ2n) is 5.82. The molecule has 1 atom stereocenters. The molecular weight excluding hydrogens is 414 g/mol. The molecule has 0 spiro atoms. The van der Waals surface area contributed by atoms with Gasteiger partial charge in [0.25, 0.3) is 10.0 Å². The molecule has 1 saturated heterocycles. The smallest absolute Gasteiger partial charge is 0.253 e. The molecule has 136 valence electrons. The van der Waals surface area contributed by atoms with Gasteiger partial charge in [-0.25, -0.2) is 13.4 Å². The first-order valence-electron chi connectivity index (χ1n) is 7.86. The number of hydrogen-bond acceptors (Lipinski definition) is 6. The highest BCUT2D eigenvalue weighted by Crippen LogP contribution is 2.33. The van der Waals surface area contributed by atoms with E-state index in [1.165, 1.54) is 15.6 Å². The largest absolute Gasteiger partial charge is 0.323 e. The van der Waals surface area contributed by atoms with E-state index >= 15 is 0 Å². The lowest BCUT2D eigenvalue weighted by atomic mass is 10.2. The molecule has 1 aliphatic rings. The fourth-order valence-electron chi connectivity index (χ4n) is 3.05. The van der Waals surface area contributed by atoms with Crippen molar-refractivity contribution in [3.05, 3.63) is 40.2 Å². The monoisotopic (exact) mass is 427 g/mol. The molecule has 1 N–H and O–H groups in total. The fourth-order valence-corrected chi connectivity index (χ4v) is 6.87. The van der Waals surface area contributed by atoms with Gasteiger partial charge in [0.05, 0.1) is 20.9 Å². The Bertz CT molecular complexity index is 1060. The van der Waals surface area contributed by atoms with Gasteiger partial charge in [-0.3, -0.25) is 4.79 Å². The van der Waals surface area contributed by atoms with E-state index in [9.17, 15) is 13.2 Å². The third kappa shape index (κ3) is 3.03. The summed E-state index contributed by atoms with van der Waals surface area (Å²) in [7, 11) is -3.66. The number of anilines is 1. The van der Waals surface area contributed by atoms with E-state index in [1.54, 1.807) is 35.2 Å². The number of hydrogen-bond donors (Lipinski definition) is 1. The van der Waals surface area contributed by atoms with Gasteiger partial charge in [0.15, 0.2) is 0 Å². The van der Waals surface area contributed by atoms with Crippen LogP contribution in [0.1, 0.15) is 12.8 Å². The zero-order chi connectivity index (χ0) is 18.3. The number of amides is 1. The van der Waals surface area contributed by atoms with Gasteiger partial charge >= 0.3 is 0 Å². The van der Waals surface area contributed by atoms with Crippen LogP contribution in [0.4, 0.5) is 5.69 Å². The first kappa shape index (κ1) is 17.9. The summed E-state index contributed by atoms with van der Waals surface area (Å²) >= 11 is 8.65. The Morgan fingerprint density at radius 3 is 2.92 bits per heavy atom. The van der Waals surface area contributed by atoms with Gasteiger partial charge in [-0.2, -0.15) is 4.31 Å². The number of aromatic nitrogens is 1. The molecule has 26 heavy (non-hydrogen) atoms. The summed E-state index contributed by atoms with van der Waals surface area (Å²) in [5, 5.41) is 5.09. The van der Waals surface area contributed by atoms with Crippen LogP contribution in [0, 0.1) is 0 Å². The van der Waals surface area contributed by atoms with Crippen LogP contribution in [-0.2, 0) is 14.8 Å². The molecule has 4 rings (SSSR count). The number of benzene rings is 1. The second kappa shape index (κ2) is 6.90. The third-order valence-corrected chi connectivity index (χ3v) is 8.70. The van der Waals surface area contributed by atoms with Crippen molar-refractivity contribution in [1.29, 1.82) is 0 Å². The molecule has 10 heteroatoms. The van der Waals surface area contributed by atoms with E-state index in [1.807, 2.05) is 0 Å². The Kier molecular flexibility index (Phi) is 4.74. The molecule has 6 nitrogen and oxygen atoms in total. The molecule has 0 unspecified atom stereocenters. The molecule has 3 heterocycles. The average molecular weight is 428 g/mol. The van der Waals surface area contributed by atoms with Crippen LogP contribution >= 0.6 is 34.3 Å². The maximum Gasteiger partial charge on any atom is 0.253 e.